The Morgan fingerprint density at radius 3 is 2.33 bits per heavy atom. The van der Waals surface area contributed by atoms with Crippen molar-refractivity contribution in [1.82, 2.24) is 4.31 Å². The van der Waals surface area contributed by atoms with Gasteiger partial charge in [-0.05, 0) is 18.6 Å². The van der Waals surface area contributed by atoms with Crippen LogP contribution >= 0.6 is 0 Å². The average molecular weight is 320 g/mol. The van der Waals surface area contributed by atoms with Gasteiger partial charge in [-0.3, -0.25) is 10.1 Å². The molecule has 1 aliphatic heterocycles. The van der Waals surface area contributed by atoms with Gasteiger partial charge in [0.25, 0.3) is 0 Å². The number of aliphatic hydroxyl groups excluding tert-OH is 2. The molecule has 0 saturated carbocycles. The van der Waals surface area contributed by atoms with Gasteiger partial charge in [0.2, 0.25) is 15.8 Å². The number of nitro groups is 1. The number of benzene rings is 1. The van der Waals surface area contributed by atoms with Gasteiger partial charge in [0.1, 0.15) is 0 Å². The predicted octanol–water partition coefficient (Wildman–Crippen LogP) is -0.232. The van der Waals surface area contributed by atoms with Crippen molar-refractivity contribution < 1.29 is 27.9 Å². The maximum absolute atomic E-state index is 13.6. The molecular weight excluding hydrogens is 307 g/mol. The van der Waals surface area contributed by atoms with Crippen LogP contribution < -0.4 is 0 Å². The summed E-state index contributed by atoms with van der Waals surface area (Å²) in [6.07, 6.45) is -2.45. The molecule has 1 aliphatic rings. The fraction of sp³-hybridized carbons (Fsp3) is 0.455. The Labute approximate surface area is 119 Å². The van der Waals surface area contributed by atoms with Crippen LogP contribution in [0.25, 0.3) is 0 Å². The fourth-order valence-electron chi connectivity index (χ4n) is 2.08. The number of hydrogen-bond donors (Lipinski definition) is 2. The molecule has 0 amide bonds. The Kier molecular flexibility index (Phi) is 3.97. The van der Waals surface area contributed by atoms with Crippen molar-refractivity contribution in [2.75, 3.05) is 13.1 Å². The summed E-state index contributed by atoms with van der Waals surface area (Å²) >= 11 is 0. The van der Waals surface area contributed by atoms with E-state index in [1.165, 1.54) is 6.92 Å². The second-order valence-electron chi connectivity index (χ2n) is 4.79. The van der Waals surface area contributed by atoms with E-state index in [2.05, 4.69) is 0 Å². The number of aliphatic hydroxyl groups is 2. The van der Waals surface area contributed by atoms with Gasteiger partial charge in [-0.15, -0.1) is 0 Å². The minimum Gasteiger partial charge on any atom is -0.389 e. The lowest BCUT2D eigenvalue weighted by atomic mass is 10.2. The molecule has 2 N–H and O–H groups in total. The summed E-state index contributed by atoms with van der Waals surface area (Å²) in [5, 5.41) is 29.5. The van der Waals surface area contributed by atoms with Gasteiger partial charge in [-0.2, -0.15) is 8.70 Å². The summed E-state index contributed by atoms with van der Waals surface area (Å²) in [4.78, 5) is 9.30. The zero-order valence-corrected chi connectivity index (χ0v) is 11.7. The lowest BCUT2D eigenvalue weighted by Gasteiger charge is -2.16. The van der Waals surface area contributed by atoms with E-state index in [1.807, 2.05) is 0 Å². The van der Waals surface area contributed by atoms with Crippen molar-refractivity contribution in [2.24, 2.45) is 0 Å². The quantitative estimate of drug-likeness (QED) is 0.586. The summed E-state index contributed by atoms with van der Waals surface area (Å²) < 4.78 is 39.0. The fourth-order valence-corrected chi connectivity index (χ4v) is 3.66. The van der Waals surface area contributed by atoms with Crippen molar-refractivity contribution in [1.29, 1.82) is 0 Å². The Morgan fingerprint density at radius 2 is 1.86 bits per heavy atom. The van der Waals surface area contributed by atoms with Gasteiger partial charge < -0.3 is 10.2 Å². The Morgan fingerprint density at radius 1 is 1.33 bits per heavy atom. The Hall–Kier alpha value is -1.62. The van der Waals surface area contributed by atoms with Crippen LogP contribution in [0.5, 0.6) is 0 Å². The number of aryl methyl sites for hydroxylation is 1. The van der Waals surface area contributed by atoms with E-state index in [4.69, 9.17) is 0 Å². The first kappa shape index (κ1) is 15.8. The van der Waals surface area contributed by atoms with E-state index in [9.17, 15) is 33.1 Å². The molecule has 1 heterocycles. The number of halogens is 1. The van der Waals surface area contributed by atoms with Crippen LogP contribution in [0.1, 0.15) is 5.56 Å². The monoisotopic (exact) mass is 320 g/mol. The van der Waals surface area contributed by atoms with Crippen molar-refractivity contribution in [2.45, 2.75) is 24.0 Å². The molecule has 21 heavy (non-hydrogen) atoms. The molecule has 8 nitrogen and oxygen atoms in total. The van der Waals surface area contributed by atoms with Gasteiger partial charge in [0, 0.05) is 19.2 Å². The molecule has 0 aliphatic carbocycles. The van der Waals surface area contributed by atoms with Gasteiger partial charge in [0.05, 0.1) is 22.0 Å². The maximum atomic E-state index is 13.6. The Bertz CT molecular complexity index is 682. The van der Waals surface area contributed by atoms with Crippen molar-refractivity contribution >= 4 is 15.7 Å². The van der Waals surface area contributed by atoms with Crippen LogP contribution in [-0.2, 0) is 10.0 Å². The van der Waals surface area contributed by atoms with Crippen LogP contribution in [0.3, 0.4) is 0 Å². The second kappa shape index (κ2) is 5.30. The third-order valence-corrected chi connectivity index (χ3v) is 5.08. The highest BCUT2D eigenvalue weighted by Crippen LogP contribution is 2.28. The van der Waals surface area contributed by atoms with Crippen LogP contribution in [0.4, 0.5) is 10.1 Å². The normalized spacial score (nSPS) is 23.4. The average Bonchev–Trinajstić information content (AvgIpc) is 2.73. The summed E-state index contributed by atoms with van der Waals surface area (Å²) in [7, 11) is -4.16. The molecule has 0 aromatic heterocycles. The molecule has 2 unspecified atom stereocenters. The van der Waals surface area contributed by atoms with Gasteiger partial charge in [-0.1, -0.05) is 0 Å². The zero-order chi connectivity index (χ0) is 15.9. The van der Waals surface area contributed by atoms with E-state index >= 15 is 0 Å². The van der Waals surface area contributed by atoms with Crippen molar-refractivity contribution in [3.8, 4) is 0 Å². The molecule has 116 valence electrons. The van der Waals surface area contributed by atoms with Crippen LogP contribution in [-0.4, -0.2) is 53.2 Å². The van der Waals surface area contributed by atoms with Crippen LogP contribution in [0.2, 0.25) is 0 Å². The van der Waals surface area contributed by atoms with E-state index in [0.29, 0.717) is 6.07 Å². The molecule has 1 aromatic carbocycles. The summed E-state index contributed by atoms with van der Waals surface area (Å²) in [6.45, 7) is 0.566. The number of sulfonamides is 1. The highest BCUT2D eigenvalue weighted by Gasteiger charge is 2.38. The molecule has 2 rings (SSSR count). The third kappa shape index (κ3) is 2.75. The number of hydrogen-bond acceptors (Lipinski definition) is 6. The standard InChI is InChI=1S/C11H13FN2O6S/c1-6-2-7(3-8(11(6)12)14(17)18)21(19,20)13-4-9(15)10(16)5-13/h2-3,9-10,15-16H,4-5H2,1H3. The summed E-state index contributed by atoms with van der Waals surface area (Å²) in [5.74, 6) is -1.10. The minimum atomic E-state index is -4.16. The van der Waals surface area contributed by atoms with Crippen LogP contribution in [0, 0.1) is 22.9 Å². The summed E-state index contributed by atoms with van der Waals surface area (Å²) in [5.41, 5.74) is -1.11. The predicted molar refractivity (Wildman–Crippen MR) is 68.6 cm³/mol. The van der Waals surface area contributed by atoms with Crippen molar-refractivity contribution in [3.63, 3.8) is 0 Å². The molecule has 1 saturated heterocycles. The molecule has 0 radical (unpaired) electrons. The SMILES string of the molecule is Cc1cc(S(=O)(=O)N2CC(O)C(O)C2)cc([N+](=O)[O-])c1F. The summed E-state index contributed by atoms with van der Waals surface area (Å²) in [6, 6.07) is 1.61. The topological polar surface area (TPSA) is 121 Å². The molecule has 0 bridgehead atoms. The number of nitro benzene ring substituents is 1. The third-order valence-electron chi connectivity index (χ3n) is 3.27. The lowest BCUT2D eigenvalue weighted by molar-refractivity contribution is -0.387. The largest absolute Gasteiger partial charge is 0.389 e. The Balaban J connectivity index is 2.49. The lowest BCUT2D eigenvalue weighted by Crippen LogP contribution is -2.30. The smallest absolute Gasteiger partial charge is 0.306 e. The maximum Gasteiger partial charge on any atom is 0.306 e. The van der Waals surface area contributed by atoms with E-state index in [0.717, 1.165) is 10.4 Å². The molecular formula is C11H13FN2O6S. The van der Waals surface area contributed by atoms with E-state index in [-0.39, 0.29) is 18.7 Å². The van der Waals surface area contributed by atoms with Gasteiger partial charge in [-0.25, -0.2) is 8.42 Å². The minimum absolute atomic E-state index is 0.178. The first-order valence-electron chi connectivity index (χ1n) is 5.95. The number of nitrogens with zero attached hydrogens (tertiary/aromatic N) is 2. The number of rotatable bonds is 3. The van der Waals surface area contributed by atoms with Crippen molar-refractivity contribution in [3.05, 3.63) is 33.6 Å². The number of β-amino-alcohol motifs (C(OH)–C–C–N with tert-alkyl or cyclic N) is 2. The second-order valence-corrected chi connectivity index (χ2v) is 6.73. The first-order chi connectivity index (χ1) is 9.64. The van der Waals surface area contributed by atoms with E-state index in [1.54, 1.807) is 0 Å². The first-order valence-corrected chi connectivity index (χ1v) is 7.39. The molecule has 1 fully saturated rings. The molecule has 0 spiro atoms. The highest BCUT2D eigenvalue weighted by molar-refractivity contribution is 7.89. The zero-order valence-electron chi connectivity index (χ0n) is 10.9. The highest BCUT2D eigenvalue weighted by atomic mass is 32.2. The molecule has 2 atom stereocenters. The van der Waals surface area contributed by atoms with Gasteiger partial charge in [0.15, 0.2) is 0 Å². The molecule has 10 heteroatoms. The van der Waals surface area contributed by atoms with Gasteiger partial charge >= 0.3 is 5.69 Å². The van der Waals surface area contributed by atoms with E-state index < -0.39 is 43.6 Å². The molecule has 1 aromatic rings. The van der Waals surface area contributed by atoms with Crippen LogP contribution in [0.15, 0.2) is 17.0 Å².